The first-order valence-electron chi connectivity index (χ1n) is 7.53. The Morgan fingerprint density at radius 1 is 1.07 bits per heavy atom. The molecule has 27 heavy (non-hydrogen) atoms. The number of benzene rings is 2. The number of sulfonamides is 1. The molecule has 10 heteroatoms. The van der Waals surface area contributed by atoms with E-state index in [4.69, 9.17) is 5.14 Å². The first kappa shape index (κ1) is 19.1. The van der Waals surface area contributed by atoms with E-state index in [9.17, 15) is 26.0 Å². The van der Waals surface area contributed by atoms with Crippen molar-refractivity contribution in [3.63, 3.8) is 0 Å². The number of rotatable bonds is 3. The van der Waals surface area contributed by atoms with E-state index >= 15 is 0 Å². The maximum Gasteiger partial charge on any atom is 0.434 e. The van der Waals surface area contributed by atoms with Gasteiger partial charge in [0.15, 0.2) is 5.69 Å². The topological polar surface area (TPSA) is 78.0 Å². The lowest BCUT2D eigenvalue weighted by Crippen LogP contribution is -2.12. The fraction of sp³-hybridized carbons (Fsp3) is 0.118. The largest absolute Gasteiger partial charge is 0.434 e. The van der Waals surface area contributed by atoms with Gasteiger partial charge in [-0.3, -0.25) is 4.57 Å². The molecule has 2 aromatic carbocycles. The van der Waals surface area contributed by atoms with Crippen molar-refractivity contribution in [3.05, 3.63) is 65.7 Å². The van der Waals surface area contributed by atoms with Gasteiger partial charge < -0.3 is 0 Å². The van der Waals surface area contributed by atoms with Crippen LogP contribution in [0.1, 0.15) is 11.3 Å². The molecule has 0 atom stereocenters. The van der Waals surface area contributed by atoms with Crippen molar-refractivity contribution in [2.24, 2.45) is 5.14 Å². The van der Waals surface area contributed by atoms with Crippen LogP contribution in [0, 0.1) is 12.7 Å². The molecule has 3 aromatic rings. The number of nitrogens with zero attached hydrogens (tertiary/aromatic N) is 2. The highest BCUT2D eigenvalue weighted by Gasteiger charge is 2.35. The molecular formula is C17H13F4N3O2S. The van der Waals surface area contributed by atoms with Crippen molar-refractivity contribution in [2.75, 3.05) is 0 Å². The molecule has 0 saturated heterocycles. The SMILES string of the molecule is Cc1ccc(-c2nc(C(F)(F)F)cn2-c2ccc(S(N)(=O)=O)cc2)cc1F. The second kappa shape index (κ2) is 6.46. The first-order chi connectivity index (χ1) is 12.5. The summed E-state index contributed by atoms with van der Waals surface area (Å²) in [6.07, 6.45) is -3.94. The molecule has 0 aliphatic carbocycles. The maximum atomic E-state index is 13.9. The van der Waals surface area contributed by atoms with Crippen molar-refractivity contribution in [1.29, 1.82) is 0 Å². The summed E-state index contributed by atoms with van der Waals surface area (Å²) in [5.41, 5.74) is -0.468. The molecule has 1 heterocycles. The Bertz CT molecular complexity index is 1100. The molecule has 0 amide bonds. The number of aromatic nitrogens is 2. The van der Waals surface area contributed by atoms with E-state index in [2.05, 4.69) is 4.98 Å². The number of nitrogens with two attached hydrogens (primary N) is 1. The summed E-state index contributed by atoms with van der Waals surface area (Å²) in [6, 6.07) is 8.88. The minimum Gasteiger partial charge on any atom is -0.299 e. The van der Waals surface area contributed by atoms with Crippen molar-refractivity contribution >= 4 is 10.0 Å². The zero-order valence-corrected chi connectivity index (χ0v) is 14.6. The van der Waals surface area contributed by atoms with Crippen LogP contribution in [0.5, 0.6) is 0 Å². The standard InChI is InChI=1S/C17H13F4N3O2S/c1-10-2-3-11(8-14(10)18)16-23-15(17(19,20)21)9-24(16)12-4-6-13(7-5-12)27(22,25)26/h2-9H,1H3,(H2,22,25,26). The average Bonchev–Trinajstić information content (AvgIpc) is 3.02. The predicted octanol–water partition coefficient (Wildman–Crippen LogP) is 3.65. The van der Waals surface area contributed by atoms with Gasteiger partial charge in [-0.1, -0.05) is 12.1 Å². The zero-order valence-electron chi connectivity index (χ0n) is 13.8. The Labute approximate surface area is 152 Å². The van der Waals surface area contributed by atoms with Crippen molar-refractivity contribution < 1.29 is 26.0 Å². The Morgan fingerprint density at radius 3 is 2.22 bits per heavy atom. The normalized spacial score (nSPS) is 12.4. The molecule has 0 fully saturated rings. The lowest BCUT2D eigenvalue weighted by atomic mass is 10.1. The van der Waals surface area contributed by atoms with E-state index in [0.717, 1.165) is 29.0 Å². The van der Waals surface area contributed by atoms with Gasteiger partial charge in [-0.15, -0.1) is 0 Å². The Hall–Kier alpha value is -2.72. The Balaban J connectivity index is 2.19. The van der Waals surface area contributed by atoms with Crippen LogP contribution in [0.4, 0.5) is 17.6 Å². The van der Waals surface area contributed by atoms with Gasteiger partial charge in [-0.25, -0.2) is 22.9 Å². The second-order valence-corrected chi connectivity index (χ2v) is 7.38. The van der Waals surface area contributed by atoms with E-state index in [1.807, 2.05) is 0 Å². The molecule has 1 aromatic heterocycles. The molecular weight excluding hydrogens is 386 g/mol. The molecule has 0 radical (unpaired) electrons. The summed E-state index contributed by atoms with van der Waals surface area (Å²) in [7, 11) is -3.95. The second-order valence-electron chi connectivity index (χ2n) is 5.82. The van der Waals surface area contributed by atoms with Gasteiger partial charge in [0.25, 0.3) is 0 Å². The minimum absolute atomic E-state index is 0.135. The van der Waals surface area contributed by atoms with Gasteiger partial charge in [-0.05, 0) is 42.8 Å². The molecule has 142 valence electrons. The fourth-order valence-corrected chi connectivity index (χ4v) is 2.96. The third-order valence-corrected chi connectivity index (χ3v) is 4.80. The van der Waals surface area contributed by atoms with Crippen LogP contribution in [0.3, 0.4) is 0 Å². The van der Waals surface area contributed by atoms with Gasteiger partial charge in [0.1, 0.15) is 11.6 Å². The highest BCUT2D eigenvalue weighted by atomic mass is 32.2. The third kappa shape index (κ3) is 3.86. The number of halogens is 4. The number of primary sulfonamides is 1. The molecule has 0 unspecified atom stereocenters. The summed E-state index contributed by atoms with van der Waals surface area (Å²) in [5, 5.41) is 5.02. The Kier molecular flexibility index (Phi) is 4.56. The highest BCUT2D eigenvalue weighted by Crippen LogP contribution is 2.33. The zero-order chi connectivity index (χ0) is 20.0. The molecule has 0 aliphatic heterocycles. The van der Waals surface area contributed by atoms with Gasteiger partial charge in [0.05, 0.1) is 4.90 Å². The van der Waals surface area contributed by atoms with Crippen molar-refractivity contribution in [1.82, 2.24) is 9.55 Å². The van der Waals surface area contributed by atoms with Crippen LogP contribution in [0.15, 0.2) is 53.6 Å². The van der Waals surface area contributed by atoms with Crippen LogP contribution < -0.4 is 5.14 Å². The summed E-state index contributed by atoms with van der Waals surface area (Å²) in [5.74, 6) is -0.718. The summed E-state index contributed by atoms with van der Waals surface area (Å²) in [6.45, 7) is 1.53. The quantitative estimate of drug-likeness (QED) is 0.683. The predicted molar refractivity (Wildman–Crippen MR) is 90.1 cm³/mol. The van der Waals surface area contributed by atoms with E-state index in [1.54, 1.807) is 0 Å². The van der Waals surface area contributed by atoms with Crippen LogP contribution in [0.25, 0.3) is 17.1 Å². The van der Waals surface area contributed by atoms with Gasteiger partial charge >= 0.3 is 6.18 Å². The smallest absolute Gasteiger partial charge is 0.299 e. The van der Waals surface area contributed by atoms with Gasteiger partial charge in [0, 0.05) is 17.4 Å². The maximum absolute atomic E-state index is 13.9. The number of hydrogen-bond acceptors (Lipinski definition) is 3. The number of hydrogen-bond donors (Lipinski definition) is 1. The van der Waals surface area contributed by atoms with Gasteiger partial charge in [0.2, 0.25) is 10.0 Å². The lowest BCUT2D eigenvalue weighted by molar-refractivity contribution is -0.140. The molecule has 5 nitrogen and oxygen atoms in total. The fourth-order valence-electron chi connectivity index (χ4n) is 2.45. The van der Waals surface area contributed by atoms with E-state index in [1.165, 1.54) is 31.2 Å². The van der Waals surface area contributed by atoms with E-state index in [0.29, 0.717) is 5.56 Å². The molecule has 2 N–H and O–H groups in total. The van der Waals surface area contributed by atoms with E-state index < -0.39 is 27.7 Å². The average molecular weight is 399 g/mol. The summed E-state index contributed by atoms with van der Waals surface area (Å²) < 4.78 is 77.1. The van der Waals surface area contributed by atoms with Gasteiger partial charge in [-0.2, -0.15) is 13.2 Å². The van der Waals surface area contributed by atoms with Crippen LogP contribution in [-0.4, -0.2) is 18.0 Å². The van der Waals surface area contributed by atoms with Crippen molar-refractivity contribution in [3.8, 4) is 17.1 Å². The first-order valence-corrected chi connectivity index (χ1v) is 9.08. The molecule has 0 saturated carbocycles. The summed E-state index contributed by atoms with van der Waals surface area (Å²) in [4.78, 5) is 3.41. The summed E-state index contributed by atoms with van der Waals surface area (Å²) >= 11 is 0. The molecule has 0 aliphatic rings. The van der Waals surface area contributed by atoms with Crippen molar-refractivity contribution in [2.45, 2.75) is 18.0 Å². The van der Waals surface area contributed by atoms with Crippen LogP contribution in [0.2, 0.25) is 0 Å². The Morgan fingerprint density at radius 2 is 1.70 bits per heavy atom. The number of alkyl halides is 3. The third-order valence-electron chi connectivity index (χ3n) is 3.87. The molecule has 0 spiro atoms. The lowest BCUT2D eigenvalue weighted by Gasteiger charge is -2.09. The minimum atomic E-state index is -4.70. The highest BCUT2D eigenvalue weighted by molar-refractivity contribution is 7.89. The number of imidazole rings is 1. The van der Waals surface area contributed by atoms with E-state index in [-0.39, 0.29) is 22.0 Å². The number of aryl methyl sites for hydroxylation is 1. The monoisotopic (exact) mass is 399 g/mol. The molecule has 0 bridgehead atoms. The van der Waals surface area contributed by atoms with Crippen LogP contribution in [-0.2, 0) is 16.2 Å². The molecule has 3 rings (SSSR count). The van der Waals surface area contributed by atoms with Crippen LogP contribution >= 0.6 is 0 Å².